The molecule has 0 spiro atoms. The van der Waals surface area contributed by atoms with Gasteiger partial charge >= 0.3 is 0 Å². The van der Waals surface area contributed by atoms with Crippen molar-refractivity contribution in [3.8, 4) is 0 Å². The number of amides is 1. The molecule has 14 heavy (non-hydrogen) atoms. The van der Waals surface area contributed by atoms with Crippen LogP contribution in [0.1, 0.15) is 18.9 Å². The van der Waals surface area contributed by atoms with Gasteiger partial charge in [0.15, 0.2) is 0 Å². The molecule has 0 saturated carbocycles. The SMILES string of the molecule is C[C@H]1CC(=O)N(Cc2cccnc2)C1. The average molecular weight is 190 g/mol. The second-order valence-electron chi connectivity index (χ2n) is 3.94. The van der Waals surface area contributed by atoms with E-state index in [2.05, 4.69) is 11.9 Å². The van der Waals surface area contributed by atoms with Gasteiger partial charge < -0.3 is 4.90 Å². The van der Waals surface area contributed by atoms with Gasteiger partial charge in [0.25, 0.3) is 0 Å². The fourth-order valence-electron chi connectivity index (χ4n) is 1.83. The second kappa shape index (κ2) is 3.78. The lowest BCUT2D eigenvalue weighted by Crippen LogP contribution is -2.24. The summed E-state index contributed by atoms with van der Waals surface area (Å²) >= 11 is 0. The highest BCUT2D eigenvalue weighted by Crippen LogP contribution is 2.18. The molecule has 2 rings (SSSR count). The Morgan fingerprint density at radius 1 is 1.64 bits per heavy atom. The van der Waals surface area contributed by atoms with Crippen LogP contribution in [-0.2, 0) is 11.3 Å². The molecule has 74 valence electrons. The van der Waals surface area contributed by atoms with Crippen molar-refractivity contribution in [1.29, 1.82) is 0 Å². The quantitative estimate of drug-likeness (QED) is 0.707. The lowest BCUT2D eigenvalue weighted by atomic mass is 10.2. The van der Waals surface area contributed by atoms with Crippen LogP contribution in [0.3, 0.4) is 0 Å². The van der Waals surface area contributed by atoms with Gasteiger partial charge in [0.2, 0.25) is 5.91 Å². The molecule has 3 nitrogen and oxygen atoms in total. The number of carbonyl (C=O) groups excluding carboxylic acids is 1. The van der Waals surface area contributed by atoms with Gasteiger partial charge in [0.1, 0.15) is 0 Å². The third-order valence-electron chi connectivity index (χ3n) is 2.50. The number of aromatic nitrogens is 1. The first-order valence-corrected chi connectivity index (χ1v) is 4.92. The molecule has 1 atom stereocenters. The largest absolute Gasteiger partial charge is 0.338 e. The summed E-state index contributed by atoms with van der Waals surface area (Å²) < 4.78 is 0. The summed E-state index contributed by atoms with van der Waals surface area (Å²) in [6.45, 7) is 3.70. The Hall–Kier alpha value is -1.38. The Labute approximate surface area is 83.8 Å². The number of carbonyl (C=O) groups is 1. The van der Waals surface area contributed by atoms with Crippen molar-refractivity contribution in [1.82, 2.24) is 9.88 Å². The second-order valence-corrected chi connectivity index (χ2v) is 3.94. The summed E-state index contributed by atoms with van der Waals surface area (Å²) in [5, 5.41) is 0. The highest BCUT2D eigenvalue weighted by Gasteiger charge is 2.25. The van der Waals surface area contributed by atoms with E-state index < -0.39 is 0 Å². The summed E-state index contributed by atoms with van der Waals surface area (Å²) in [5.41, 5.74) is 1.11. The van der Waals surface area contributed by atoms with Crippen molar-refractivity contribution < 1.29 is 4.79 Å². The molecule has 0 N–H and O–H groups in total. The zero-order valence-electron chi connectivity index (χ0n) is 8.31. The predicted molar refractivity (Wildman–Crippen MR) is 53.4 cm³/mol. The van der Waals surface area contributed by atoms with E-state index in [0.717, 1.165) is 12.1 Å². The first-order valence-electron chi connectivity index (χ1n) is 4.92. The number of likely N-dealkylation sites (tertiary alicyclic amines) is 1. The maximum atomic E-state index is 11.5. The minimum Gasteiger partial charge on any atom is -0.338 e. The van der Waals surface area contributed by atoms with Crippen LogP contribution in [0.2, 0.25) is 0 Å². The van der Waals surface area contributed by atoms with E-state index in [-0.39, 0.29) is 5.91 Å². The molecule has 1 amide bonds. The van der Waals surface area contributed by atoms with Crippen LogP contribution in [0.15, 0.2) is 24.5 Å². The summed E-state index contributed by atoms with van der Waals surface area (Å²) in [4.78, 5) is 17.4. The summed E-state index contributed by atoms with van der Waals surface area (Å²) in [6.07, 6.45) is 4.26. The van der Waals surface area contributed by atoms with Crippen LogP contribution >= 0.6 is 0 Å². The average Bonchev–Trinajstić information content (AvgIpc) is 2.47. The zero-order valence-corrected chi connectivity index (χ0v) is 8.31. The third kappa shape index (κ3) is 1.92. The molecule has 3 heteroatoms. The van der Waals surface area contributed by atoms with Crippen LogP contribution in [0.4, 0.5) is 0 Å². The van der Waals surface area contributed by atoms with Gasteiger partial charge in [0.05, 0.1) is 0 Å². The van der Waals surface area contributed by atoms with Crippen LogP contribution in [0.5, 0.6) is 0 Å². The van der Waals surface area contributed by atoms with Crippen molar-refractivity contribution in [3.05, 3.63) is 30.1 Å². The summed E-state index contributed by atoms with van der Waals surface area (Å²) in [7, 11) is 0. The number of hydrogen-bond donors (Lipinski definition) is 0. The topological polar surface area (TPSA) is 33.2 Å². The number of rotatable bonds is 2. The van der Waals surface area contributed by atoms with Crippen LogP contribution in [-0.4, -0.2) is 22.3 Å². The van der Waals surface area contributed by atoms with Gasteiger partial charge in [-0.05, 0) is 17.5 Å². The van der Waals surface area contributed by atoms with Gasteiger partial charge in [-0.15, -0.1) is 0 Å². The van der Waals surface area contributed by atoms with Crippen molar-refractivity contribution in [2.45, 2.75) is 19.9 Å². The molecular formula is C11H14N2O. The molecule has 1 aromatic heterocycles. The molecule has 0 aromatic carbocycles. The molecule has 0 bridgehead atoms. The van der Waals surface area contributed by atoms with Gasteiger partial charge in [-0.3, -0.25) is 9.78 Å². The van der Waals surface area contributed by atoms with Gasteiger partial charge in [-0.2, -0.15) is 0 Å². The van der Waals surface area contributed by atoms with E-state index in [1.54, 1.807) is 6.20 Å². The Bertz CT molecular complexity index is 323. The first kappa shape index (κ1) is 9.19. The minimum absolute atomic E-state index is 0.265. The van der Waals surface area contributed by atoms with Crippen molar-refractivity contribution in [2.75, 3.05) is 6.54 Å². The van der Waals surface area contributed by atoms with Crippen molar-refractivity contribution in [2.24, 2.45) is 5.92 Å². The third-order valence-corrected chi connectivity index (χ3v) is 2.50. The van der Waals surface area contributed by atoms with E-state index >= 15 is 0 Å². The Morgan fingerprint density at radius 2 is 2.50 bits per heavy atom. The van der Waals surface area contributed by atoms with E-state index in [4.69, 9.17) is 0 Å². The number of pyridine rings is 1. The molecule has 1 fully saturated rings. The maximum Gasteiger partial charge on any atom is 0.223 e. The van der Waals surface area contributed by atoms with Gasteiger partial charge in [0, 0.05) is 31.9 Å². The maximum absolute atomic E-state index is 11.5. The van der Waals surface area contributed by atoms with E-state index in [1.165, 1.54) is 0 Å². The molecular weight excluding hydrogens is 176 g/mol. The summed E-state index contributed by atoms with van der Waals surface area (Å²) in [6, 6.07) is 3.91. The van der Waals surface area contributed by atoms with Crippen molar-refractivity contribution >= 4 is 5.91 Å². The van der Waals surface area contributed by atoms with Crippen LogP contribution in [0, 0.1) is 5.92 Å². The Balaban J connectivity index is 2.02. The first-order chi connectivity index (χ1) is 6.75. The molecule has 0 aliphatic carbocycles. The Morgan fingerprint density at radius 3 is 3.07 bits per heavy atom. The van der Waals surface area contributed by atoms with E-state index in [1.807, 2.05) is 23.2 Å². The monoisotopic (exact) mass is 190 g/mol. The van der Waals surface area contributed by atoms with Gasteiger partial charge in [-0.25, -0.2) is 0 Å². The molecule has 1 aliphatic rings. The fraction of sp³-hybridized carbons (Fsp3) is 0.455. The standard InChI is InChI=1S/C11H14N2O/c1-9-5-11(14)13(7-9)8-10-3-2-4-12-6-10/h2-4,6,9H,5,7-8H2,1H3/t9-/m0/s1. The van der Waals surface area contributed by atoms with E-state index in [9.17, 15) is 4.79 Å². The predicted octanol–water partition coefficient (Wildman–Crippen LogP) is 1.45. The molecule has 1 aliphatic heterocycles. The molecule has 0 unspecified atom stereocenters. The zero-order chi connectivity index (χ0) is 9.97. The molecule has 0 radical (unpaired) electrons. The smallest absolute Gasteiger partial charge is 0.223 e. The number of nitrogens with zero attached hydrogens (tertiary/aromatic N) is 2. The lowest BCUT2D eigenvalue weighted by molar-refractivity contribution is -0.128. The van der Waals surface area contributed by atoms with E-state index in [0.29, 0.717) is 18.9 Å². The van der Waals surface area contributed by atoms with Crippen LogP contribution in [0.25, 0.3) is 0 Å². The minimum atomic E-state index is 0.265. The lowest BCUT2D eigenvalue weighted by Gasteiger charge is -2.15. The summed E-state index contributed by atoms with van der Waals surface area (Å²) in [5.74, 6) is 0.764. The normalized spacial score (nSPS) is 21.6. The highest BCUT2D eigenvalue weighted by atomic mass is 16.2. The van der Waals surface area contributed by atoms with Crippen LogP contribution < -0.4 is 0 Å². The molecule has 1 saturated heterocycles. The van der Waals surface area contributed by atoms with Gasteiger partial charge in [-0.1, -0.05) is 13.0 Å². The Kier molecular flexibility index (Phi) is 2.48. The number of hydrogen-bond acceptors (Lipinski definition) is 2. The van der Waals surface area contributed by atoms with Crippen molar-refractivity contribution in [3.63, 3.8) is 0 Å². The fourth-order valence-corrected chi connectivity index (χ4v) is 1.83. The highest BCUT2D eigenvalue weighted by molar-refractivity contribution is 5.78. The molecule has 2 heterocycles. The molecule has 1 aromatic rings.